The summed E-state index contributed by atoms with van der Waals surface area (Å²) in [5.41, 5.74) is 2.36. The second kappa shape index (κ2) is 24.6. The van der Waals surface area contributed by atoms with Crippen LogP contribution in [0.15, 0.2) is 364 Å². The highest BCUT2D eigenvalue weighted by Crippen LogP contribution is 2.41. The zero-order chi connectivity index (χ0) is 55.7. The highest BCUT2D eigenvalue weighted by atomic mass is 31.1. The lowest BCUT2D eigenvalue weighted by molar-refractivity contribution is 0.491. The lowest BCUT2D eigenvalue weighted by Crippen LogP contribution is -2.76. The highest BCUT2D eigenvalue weighted by molar-refractivity contribution is 7.80. The Balaban J connectivity index is 0.878. The van der Waals surface area contributed by atoms with Crippen molar-refractivity contribution in [3.8, 4) is 22.6 Å². The number of benzene rings is 13. The van der Waals surface area contributed by atoms with Gasteiger partial charge in [0, 0.05) is 10.6 Å². The smallest absolute Gasteiger partial charge is 0.179 e. The van der Waals surface area contributed by atoms with Crippen molar-refractivity contribution in [1.82, 2.24) is 0 Å². The molecular formula is C78H60OP2Si2. The molecule has 0 aliphatic carbocycles. The van der Waals surface area contributed by atoms with Crippen molar-refractivity contribution in [2.24, 2.45) is 0 Å². The maximum atomic E-state index is 7.23. The van der Waals surface area contributed by atoms with Crippen LogP contribution in [0, 0.1) is 0 Å². The molecule has 0 fully saturated rings. The van der Waals surface area contributed by atoms with Gasteiger partial charge < -0.3 is 4.74 Å². The largest absolute Gasteiger partial charge is 0.456 e. The first-order chi connectivity index (χ1) is 41.2. The molecule has 1 atom stereocenters. The molecule has 13 aromatic rings. The average molecular weight is 1130 g/mol. The topological polar surface area (TPSA) is 9.23 Å². The number of ether oxygens (including phenoxy) is 1. The van der Waals surface area contributed by atoms with Gasteiger partial charge in [-0.05, 0) is 102 Å². The quantitative estimate of drug-likeness (QED) is 0.0502. The Bertz CT molecular complexity index is 4000. The van der Waals surface area contributed by atoms with E-state index in [0.717, 1.165) is 11.5 Å². The molecule has 1 unspecified atom stereocenters. The number of hydrogen-bond donors (Lipinski definition) is 0. The van der Waals surface area contributed by atoms with Crippen molar-refractivity contribution in [2.75, 3.05) is 0 Å². The van der Waals surface area contributed by atoms with E-state index in [9.17, 15) is 0 Å². The molecular weight excluding hydrogens is 1070 g/mol. The molecule has 0 heterocycles. The van der Waals surface area contributed by atoms with Crippen LogP contribution in [0.3, 0.4) is 0 Å². The van der Waals surface area contributed by atoms with Crippen LogP contribution in [-0.2, 0) is 0 Å². The first-order valence-corrected chi connectivity index (χ1v) is 35.1. The summed E-state index contributed by atoms with van der Waals surface area (Å²) in [4.78, 5) is 0. The number of para-hydroxylation sites is 2. The summed E-state index contributed by atoms with van der Waals surface area (Å²) in [5.74, 6) is 1.75. The Morgan fingerprint density at radius 1 is 0.181 bits per heavy atom. The third-order valence-electron chi connectivity index (χ3n) is 16.0. The lowest BCUT2D eigenvalue weighted by atomic mass is 10.1. The van der Waals surface area contributed by atoms with Crippen molar-refractivity contribution in [2.45, 2.75) is 0 Å². The fourth-order valence-electron chi connectivity index (χ4n) is 12.3. The maximum absolute atomic E-state index is 7.23. The molecule has 0 aliphatic rings. The van der Waals surface area contributed by atoms with Crippen LogP contribution >= 0.6 is 15.8 Å². The van der Waals surface area contributed by atoms with Crippen LogP contribution in [0.2, 0.25) is 0 Å². The summed E-state index contributed by atoms with van der Waals surface area (Å²) < 4.78 is 7.23. The summed E-state index contributed by atoms with van der Waals surface area (Å²) in [6.45, 7) is 0. The van der Waals surface area contributed by atoms with Crippen LogP contribution < -0.4 is 78.1 Å². The van der Waals surface area contributed by atoms with E-state index in [1.165, 1.54) is 84.4 Å². The Hall–Kier alpha value is -9.05. The molecule has 396 valence electrons. The van der Waals surface area contributed by atoms with Crippen LogP contribution in [0.25, 0.3) is 11.1 Å². The van der Waals surface area contributed by atoms with Crippen molar-refractivity contribution < 1.29 is 4.74 Å². The summed E-state index contributed by atoms with van der Waals surface area (Å²) in [6.07, 6.45) is 0. The van der Waals surface area contributed by atoms with E-state index >= 15 is 0 Å². The molecule has 1 nitrogen and oxygen atoms in total. The van der Waals surface area contributed by atoms with Crippen LogP contribution in [0.1, 0.15) is 0 Å². The van der Waals surface area contributed by atoms with Gasteiger partial charge in [-0.2, -0.15) is 0 Å². The Morgan fingerprint density at radius 3 is 0.675 bits per heavy atom. The van der Waals surface area contributed by atoms with E-state index < -0.39 is 32.0 Å². The monoisotopic (exact) mass is 1130 g/mol. The van der Waals surface area contributed by atoms with Gasteiger partial charge in [-0.25, -0.2) is 0 Å². The predicted octanol–water partition coefficient (Wildman–Crippen LogP) is 11.4. The van der Waals surface area contributed by atoms with Crippen molar-refractivity contribution in [1.29, 1.82) is 0 Å². The molecule has 0 spiro atoms. The highest BCUT2D eigenvalue weighted by Gasteiger charge is 2.44. The minimum atomic E-state index is -2.91. The van der Waals surface area contributed by atoms with E-state index in [0.29, 0.717) is 0 Å². The minimum Gasteiger partial charge on any atom is -0.456 e. The van der Waals surface area contributed by atoms with Gasteiger partial charge in [-0.3, -0.25) is 0 Å². The normalized spacial score (nSPS) is 11.9. The standard InChI is InChI=1S/C78H60OP2Si2/c1-9-29-63(30-10-1)80(64-31-11-2-12-32-64)77-47-27-25-45-75(77)79-76-46-26-28-48-78(76)81(65-33-13-3-14-34-65)66-53-49-61(50-54-66)62-51-55-72(56-52-62)83(70-41-21-7-22-42-70,71-43-23-8-24-44-71)74-59-57-73(58-60-74)82(67-35-15-4-16-36-67,68-37-17-5-18-38-68)69-39-19-6-20-40-69/h1-60H. The first kappa shape index (κ1) is 53.3. The fourth-order valence-corrected chi connectivity index (χ4v) is 26.5. The average Bonchev–Trinajstić information content (AvgIpc) is 3.63. The van der Waals surface area contributed by atoms with E-state index in [4.69, 9.17) is 4.74 Å². The summed E-state index contributed by atoms with van der Waals surface area (Å²) in [7, 11) is -7.57. The number of hydrogen-bond acceptors (Lipinski definition) is 1. The molecule has 0 N–H and O–H groups in total. The Kier molecular flexibility index (Phi) is 15.8. The molecule has 0 aromatic heterocycles. The molecule has 0 saturated heterocycles. The van der Waals surface area contributed by atoms with Gasteiger partial charge in [0.15, 0.2) is 16.1 Å². The van der Waals surface area contributed by atoms with Gasteiger partial charge in [0.05, 0.1) is 0 Å². The molecule has 83 heavy (non-hydrogen) atoms. The zero-order valence-corrected chi connectivity index (χ0v) is 49.7. The van der Waals surface area contributed by atoms with Crippen LogP contribution in [0.5, 0.6) is 11.5 Å². The molecule has 0 bridgehead atoms. The second-order valence-electron chi connectivity index (χ2n) is 20.7. The van der Waals surface area contributed by atoms with E-state index in [1.54, 1.807) is 0 Å². The molecule has 0 radical (unpaired) electrons. The maximum Gasteiger partial charge on any atom is 0.179 e. The van der Waals surface area contributed by atoms with Crippen LogP contribution in [-0.4, -0.2) is 16.1 Å². The zero-order valence-electron chi connectivity index (χ0n) is 45.9. The fraction of sp³-hybridized carbons (Fsp3) is 0. The van der Waals surface area contributed by atoms with E-state index in [2.05, 4.69) is 364 Å². The lowest BCUT2D eigenvalue weighted by Gasteiger charge is -2.37. The van der Waals surface area contributed by atoms with Crippen molar-refractivity contribution in [3.63, 3.8) is 0 Å². The van der Waals surface area contributed by atoms with Crippen LogP contribution in [0.4, 0.5) is 0 Å². The summed E-state index contributed by atoms with van der Waals surface area (Å²) in [6, 6.07) is 135. The van der Waals surface area contributed by atoms with Gasteiger partial charge in [0.1, 0.15) is 11.5 Å². The predicted molar refractivity (Wildman–Crippen MR) is 363 cm³/mol. The number of rotatable bonds is 17. The minimum absolute atomic E-state index is 0.870. The molecule has 0 aliphatic heterocycles. The molecule has 0 saturated carbocycles. The van der Waals surface area contributed by atoms with Gasteiger partial charge >= 0.3 is 0 Å². The molecule has 5 heteroatoms. The summed E-state index contributed by atoms with van der Waals surface area (Å²) >= 11 is 0. The van der Waals surface area contributed by atoms with Gasteiger partial charge in [0.2, 0.25) is 0 Å². The SMILES string of the molecule is c1ccc(P(c2ccccc2)c2ccccc2Oc2ccccc2P(c2ccccc2)c2ccc(-c3ccc([Si](c4ccccc4)(c4ccccc4)c4ccc([Si](c5ccccc5)(c5ccccc5)c5ccccc5)cc4)cc3)cc2)cc1. The van der Waals surface area contributed by atoms with Gasteiger partial charge in [0.25, 0.3) is 0 Å². The first-order valence-electron chi connectivity index (χ1n) is 28.4. The second-order valence-corrected chi connectivity index (χ2v) is 32.7. The molecule has 0 amide bonds. The third kappa shape index (κ3) is 10.5. The molecule has 13 rings (SSSR count). The molecule has 13 aromatic carbocycles. The Morgan fingerprint density at radius 2 is 0.386 bits per heavy atom. The summed E-state index contributed by atoms with van der Waals surface area (Å²) in [5, 5.41) is 18.3. The third-order valence-corrected chi connectivity index (χ3v) is 30.6. The van der Waals surface area contributed by atoms with E-state index in [1.807, 2.05) is 0 Å². The van der Waals surface area contributed by atoms with Crippen molar-refractivity contribution in [3.05, 3.63) is 364 Å². The van der Waals surface area contributed by atoms with E-state index in [-0.39, 0.29) is 0 Å². The van der Waals surface area contributed by atoms with Crippen molar-refractivity contribution >= 4 is 105 Å². The Labute approximate surface area is 493 Å². The van der Waals surface area contributed by atoms with Gasteiger partial charge in [-0.1, -0.05) is 352 Å². The van der Waals surface area contributed by atoms with Gasteiger partial charge in [-0.15, -0.1) is 0 Å².